The quantitative estimate of drug-likeness (QED) is 0.306. The molecule has 2 nitrogen and oxygen atoms in total. The van der Waals surface area contributed by atoms with Gasteiger partial charge >= 0.3 is 0 Å². The van der Waals surface area contributed by atoms with Gasteiger partial charge in [0.25, 0.3) is 0 Å². The standard InChI is InChI=1S/C48H53NO/c1-15-48-13-22-11-20-9-17-6-16-7-19-8-18-10-21-12-25(26(48)14-49(15)23-2-4-24(50)5-3-23)34-39-30(21)29(18)36-31(19)35-27(16)28(17)37-32(20)38-33(22)47(48)46(34)45-43(38)41(37)40(35)42(36)44(39)45/h2-5,7,15-18,20,22,25-29,31-47,50H,6,8-14H2,1H3. The molecule has 13 saturated carbocycles. The van der Waals surface area contributed by atoms with E-state index in [0.29, 0.717) is 17.2 Å². The molecular formula is C48H53NO. The Morgan fingerprint density at radius 2 is 1.34 bits per heavy atom. The Balaban J connectivity index is 0.956. The number of allylic oxidation sites excluding steroid dienone is 4. The van der Waals surface area contributed by atoms with E-state index in [4.69, 9.17) is 0 Å². The molecule has 50 heavy (non-hydrogen) atoms. The van der Waals surface area contributed by atoms with Gasteiger partial charge in [0, 0.05) is 18.3 Å². The first-order valence-electron chi connectivity index (χ1n) is 22.6. The smallest absolute Gasteiger partial charge is 0.115 e. The molecule has 29 unspecified atom stereocenters. The van der Waals surface area contributed by atoms with E-state index in [9.17, 15) is 5.11 Å². The summed E-state index contributed by atoms with van der Waals surface area (Å²) in [5.41, 5.74) is 8.42. The molecule has 1 heterocycles. The first kappa shape index (κ1) is 25.3. The maximum Gasteiger partial charge on any atom is 0.115 e. The lowest BCUT2D eigenvalue weighted by molar-refractivity contribution is -0.166. The average molecular weight is 660 g/mol. The van der Waals surface area contributed by atoms with Crippen LogP contribution in [0.15, 0.2) is 47.1 Å². The zero-order chi connectivity index (χ0) is 31.3. The van der Waals surface area contributed by atoms with Gasteiger partial charge in [-0.25, -0.2) is 0 Å². The first-order valence-corrected chi connectivity index (χ1v) is 22.6. The van der Waals surface area contributed by atoms with E-state index in [2.05, 4.69) is 46.8 Å². The summed E-state index contributed by atoms with van der Waals surface area (Å²) < 4.78 is 0. The van der Waals surface area contributed by atoms with Crippen LogP contribution in [-0.2, 0) is 0 Å². The van der Waals surface area contributed by atoms with Gasteiger partial charge < -0.3 is 10.0 Å². The second-order valence-corrected chi connectivity index (χ2v) is 23.6. The summed E-state index contributed by atoms with van der Waals surface area (Å²) in [6, 6.07) is 9.22. The van der Waals surface area contributed by atoms with Gasteiger partial charge in [-0.05, 0) is 241 Å². The van der Waals surface area contributed by atoms with Gasteiger partial charge in [0.15, 0.2) is 0 Å². The Morgan fingerprint density at radius 1 is 0.620 bits per heavy atom. The minimum Gasteiger partial charge on any atom is -0.508 e. The number of fused-ring (bicyclic) bond motifs is 1. The Bertz CT molecular complexity index is 1990. The van der Waals surface area contributed by atoms with Crippen LogP contribution in [-0.4, -0.2) is 17.7 Å². The van der Waals surface area contributed by atoms with Crippen LogP contribution in [0.4, 0.5) is 5.69 Å². The van der Waals surface area contributed by atoms with Crippen LogP contribution < -0.4 is 4.90 Å². The molecule has 1 N–H and O–H groups in total. The summed E-state index contributed by atoms with van der Waals surface area (Å²) >= 11 is 0. The van der Waals surface area contributed by atoms with Gasteiger partial charge in [0.05, 0.1) is 0 Å². The minimum atomic E-state index is 0.435. The maximum absolute atomic E-state index is 10.4. The van der Waals surface area contributed by atoms with Crippen molar-refractivity contribution in [3.8, 4) is 5.75 Å². The van der Waals surface area contributed by atoms with E-state index < -0.39 is 0 Å². The second-order valence-electron chi connectivity index (χ2n) is 23.6. The van der Waals surface area contributed by atoms with Crippen LogP contribution in [0.1, 0.15) is 51.9 Å². The van der Waals surface area contributed by atoms with E-state index in [-0.39, 0.29) is 0 Å². The number of anilines is 1. The molecule has 16 aliphatic carbocycles. The van der Waals surface area contributed by atoms with E-state index >= 15 is 0 Å². The van der Waals surface area contributed by atoms with Crippen LogP contribution >= 0.6 is 0 Å². The fourth-order valence-electron chi connectivity index (χ4n) is 25.8. The van der Waals surface area contributed by atoms with Crippen molar-refractivity contribution in [1.29, 1.82) is 0 Å². The van der Waals surface area contributed by atoms with Gasteiger partial charge in [-0.15, -0.1) is 0 Å². The van der Waals surface area contributed by atoms with E-state index in [1.165, 1.54) is 37.4 Å². The average Bonchev–Trinajstić information content (AvgIpc) is 3.96. The SMILES string of the molecule is CC1N(c2ccc(O)cc2)CC2C3CC4=C5C6C(CC7=CC8CC9CC%10CC%11CC21C1C%11C2C%10C%10C9C8C8C7C6C6C7C5C3C1C7C2C%10C86)C4. The van der Waals surface area contributed by atoms with Crippen molar-refractivity contribution in [2.75, 3.05) is 11.4 Å². The number of benzene rings is 1. The molecular weight excluding hydrogens is 607 g/mol. The summed E-state index contributed by atoms with van der Waals surface area (Å²) in [7, 11) is 0. The molecule has 29 atom stereocenters. The van der Waals surface area contributed by atoms with E-state index in [0.717, 1.165) is 154 Å². The lowest BCUT2D eigenvalue weighted by atomic mass is 9.40. The zero-order valence-electron chi connectivity index (χ0n) is 29.6. The van der Waals surface area contributed by atoms with Crippen LogP contribution in [0.2, 0.25) is 0 Å². The van der Waals surface area contributed by atoms with Crippen molar-refractivity contribution in [3.05, 3.63) is 47.1 Å². The monoisotopic (exact) mass is 659 g/mol. The lowest BCUT2D eigenvalue weighted by Crippen LogP contribution is -2.61. The number of hydrogen-bond acceptors (Lipinski definition) is 2. The van der Waals surface area contributed by atoms with Gasteiger partial charge in [0.1, 0.15) is 5.75 Å². The molecule has 18 rings (SSSR count). The number of phenolic OH excluding ortho intramolecular Hbond substituents is 1. The summed E-state index contributed by atoms with van der Waals surface area (Å²) in [6.45, 7) is 4.08. The highest BCUT2D eigenvalue weighted by atomic mass is 16.3. The molecule has 2 heteroatoms. The number of hydrogen-bond donors (Lipinski definition) is 1. The third-order valence-corrected chi connectivity index (χ3v) is 24.6. The topological polar surface area (TPSA) is 23.5 Å². The third kappa shape index (κ3) is 2.05. The van der Waals surface area contributed by atoms with Gasteiger partial charge in [-0.3, -0.25) is 0 Å². The zero-order valence-corrected chi connectivity index (χ0v) is 29.6. The molecule has 0 radical (unpaired) electrons. The van der Waals surface area contributed by atoms with Crippen molar-refractivity contribution in [2.24, 2.45) is 165 Å². The van der Waals surface area contributed by atoms with Gasteiger partial charge in [-0.2, -0.15) is 0 Å². The first-order chi connectivity index (χ1) is 24.6. The van der Waals surface area contributed by atoms with E-state index in [1.54, 1.807) is 25.7 Å². The van der Waals surface area contributed by atoms with Crippen LogP contribution in [0, 0.1) is 165 Å². The normalized spacial score (nSPS) is 72.8. The molecule has 256 valence electrons. The fourth-order valence-corrected chi connectivity index (χ4v) is 25.8. The number of rotatable bonds is 1. The largest absolute Gasteiger partial charge is 0.508 e. The maximum atomic E-state index is 10.4. The predicted molar refractivity (Wildman–Crippen MR) is 189 cm³/mol. The lowest BCUT2D eigenvalue weighted by Gasteiger charge is -2.64. The van der Waals surface area contributed by atoms with Crippen LogP contribution in [0.3, 0.4) is 0 Å². The molecule has 17 aliphatic rings. The summed E-state index contributed by atoms with van der Waals surface area (Å²) in [5.74, 6) is 29.6. The third-order valence-electron chi connectivity index (χ3n) is 24.6. The van der Waals surface area contributed by atoms with Crippen LogP contribution in [0.25, 0.3) is 0 Å². The Morgan fingerprint density at radius 3 is 2.24 bits per heavy atom. The van der Waals surface area contributed by atoms with Crippen molar-refractivity contribution >= 4 is 5.69 Å². The second kappa shape index (κ2) is 7.12. The van der Waals surface area contributed by atoms with Gasteiger partial charge in [0.2, 0.25) is 0 Å². The molecule has 0 amide bonds. The van der Waals surface area contributed by atoms with Crippen LogP contribution in [0.5, 0.6) is 5.75 Å². The number of aromatic hydroxyl groups is 1. The van der Waals surface area contributed by atoms with Crippen molar-refractivity contribution in [1.82, 2.24) is 0 Å². The Kier molecular flexibility index (Phi) is 3.61. The highest BCUT2D eigenvalue weighted by Crippen LogP contribution is 2.93. The van der Waals surface area contributed by atoms with Gasteiger partial charge in [-0.1, -0.05) is 22.8 Å². The molecule has 1 saturated heterocycles. The van der Waals surface area contributed by atoms with Crippen molar-refractivity contribution in [2.45, 2.75) is 57.9 Å². The van der Waals surface area contributed by atoms with Crippen molar-refractivity contribution in [3.63, 3.8) is 0 Å². The highest BCUT2D eigenvalue weighted by molar-refractivity contribution is 5.54. The minimum absolute atomic E-state index is 0.435. The molecule has 1 aromatic rings. The Labute approximate surface area is 297 Å². The molecule has 1 aliphatic heterocycles. The number of nitrogens with zero attached hydrogens (tertiary/aromatic N) is 1. The fraction of sp³-hybridized carbons (Fsp3) is 0.792. The molecule has 1 spiro atoms. The molecule has 0 bridgehead atoms. The van der Waals surface area contributed by atoms with E-state index in [1.807, 2.05) is 12.1 Å². The molecule has 1 aromatic carbocycles. The predicted octanol–water partition coefficient (Wildman–Crippen LogP) is 8.40. The molecule has 14 fully saturated rings. The highest BCUT2D eigenvalue weighted by Gasteiger charge is 2.89. The number of phenols is 1. The summed E-state index contributed by atoms with van der Waals surface area (Å²) in [5, 5.41) is 10.4. The van der Waals surface area contributed by atoms with Crippen molar-refractivity contribution < 1.29 is 5.11 Å². The summed E-state index contributed by atoms with van der Waals surface area (Å²) in [6.07, 6.45) is 14.2. The molecule has 0 aromatic heterocycles. The summed E-state index contributed by atoms with van der Waals surface area (Å²) in [4.78, 5) is 2.96. The Hall–Kier alpha value is -1.70.